The second kappa shape index (κ2) is 10.2. The largest absolute Gasteiger partial charge is 0.493 e. The third-order valence-electron chi connectivity index (χ3n) is 3.72. The highest BCUT2D eigenvalue weighted by molar-refractivity contribution is 6.32. The minimum Gasteiger partial charge on any atom is -0.493 e. The Morgan fingerprint density at radius 1 is 1.09 bits per heavy atom. The Balaban J connectivity index is 2.29. The lowest BCUT2D eigenvalue weighted by Gasteiger charge is -2.20. The van der Waals surface area contributed by atoms with Crippen molar-refractivity contribution in [3.05, 3.63) is 46.7 Å². The fraction of sp³-hybridized carbons (Fsp3) is 0.286. The highest BCUT2D eigenvalue weighted by Crippen LogP contribution is 2.37. The molecule has 0 saturated carbocycles. The Labute approximate surface area is 189 Å². The zero-order chi connectivity index (χ0) is 24.1. The van der Waals surface area contributed by atoms with Gasteiger partial charge in [-0.1, -0.05) is 11.6 Å². The fourth-order valence-electron chi connectivity index (χ4n) is 2.47. The first kappa shape index (κ1) is 24.7. The second-order valence-electron chi connectivity index (χ2n) is 7.52. The highest BCUT2D eigenvalue weighted by Gasteiger charge is 2.20. The van der Waals surface area contributed by atoms with Gasteiger partial charge in [-0.2, -0.15) is 0 Å². The molecule has 4 N–H and O–H groups in total. The lowest BCUT2D eigenvalue weighted by Crippen LogP contribution is -2.27. The molecule has 2 rings (SSSR count). The first-order chi connectivity index (χ1) is 14.9. The minimum absolute atomic E-state index is 0.00926. The third kappa shape index (κ3) is 7.02. The van der Waals surface area contributed by atoms with E-state index in [2.05, 4.69) is 10.6 Å². The van der Waals surface area contributed by atoms with Gasteiger partial charge >= 0.3 is 6.09 Å². The van der Waals surface area contributed by atoms with Crippen LogP contribution in [0.4, 0.5) is 20.6 Å². The fourth-order valence-corrected chi connectivity index (χ4v) is 2.74. The molecule has 0 unspecified atom stereocenters. The van der Waals surface area contributed by atoms with Crippen LogP contribution in [-0.4, -0.2) is 37.2 Å². The zero-order valence-corrected chi connectivity index (χ0v) is 18.6. The molecular formula is C21H23ClFN3O6. The van der Waals surface area contributed by atoms with Crippen LogP contribution in [-0.2, 0) is 9.53 Å². The molecule has 0 radical (unpaired) electrons. The number of carbonyl (C=O) groups excluding carboxylic acids is 3. The summed E-state index contributed by atoms with van der Waals surface area (Å²) in [6, 6.07) is 6.03. The molecule has 0 aromatic heterocycles. The summed E-state index contributed by atoms with van der Waals surface area (Å²) in [6.45, 7) is 4.63. The summed E-state index contributed by atoms with van der Waals surface area (Å²) >= 11 is 6.16. The van der Waals surface area contributed by atoms with Crippen LogP contribution in [0.5, 0.6) is 11.5 Å². The van der Waals surface area contributed by atoms with Crippen molar-refractivity contribution in [3.8, 4) is 11.5 Å². The summed E-state index contributed by atoms with van der Waals surface area (Å²) in [6.07, 6.45) is -0.778. The number of hydrogen-bond acceptors (Lipinski definition) is 6. The van der Waals surface area contributed by atoms with Gasteiger partial charge < -0.3 is 25.3 Å². The standard InChI is InChI=1S/C21H23ClFN3O6/c1-21(2,3)32-20(29)26-14-6-5-12(23)9-15(14)25-19(28)11-7-13(22)18(16(8-11)30-4)31-10-17(24)27/h5-9H,10H2,1-4H3,(H2,24,27)(H,25,28)(H,26,29). The van der Waals surface area contributed by atoms with E-state index in [-0.39, 0.29) is 33.5 Å². The van der Waals surface area contributed by atoms with Gasteiger partial charge in [0.25, 0.3) is 11.8 Å². The molecule has 2 aromatic rings. The van der Waals surface area contributed by atoms with Gasteiger partial charge in [-0.3, -0.25) is 14.9 Å². The Morgan fingerprint density at radius 3 is 2.38 bits per heavy atom. The number of carbonyl (C=O) groups is 3. The van der Waals surface area contributed by atoms with Gasteiger partial charge in [0, 0.05) is 5.56 Å². The number of halogens is 2. The number of methoxy groups -OCH3 is 1. The minimum atomic E-state index is -0.778. The van der Waals surface area contributed by atoms with Gasteiger partial charge in [-0.25, -0.2) is 9.18 Å². The lowest BCUT2D eigenvalue weighted by molar-refractivity contribution is -0.119. The van der Waals surface area contributed by atoms with Gasteiger partial charge in [0.1, 0.15) is 11.4 Å². The SMILES string of the molecule is COc1cc(C(=O)Nc2cc(F)ccc2NC(=O)OC(C)(C)C)cc(Cl)c1OCC(N)=O. The molecule has 0 bridgehead atoms. The summed E-state index contributed by atoms with van der Waals surface area (Å²) in [5, 5.41) is 4.96. The number of ether oxygens (including phenoxy) is 3. The van der Waals surface area contributed by atoms with Gasteiger partial charge in [0.15, 0.2) is 18.1 Å². The molecule has 0 heterocycles. The predicted octanol–water partition coefficient (Wildman–Crippen LogP) is 3.95. The Hall–Kier alpha value is -3.53. The molecule has 0 aliphatic heterocycles. The number of benzene rings is 2. The van der Waals surface area contributed by atoms with Crippen molar-refractivity contribution >= 4 is 40.9 Å². The van der Waals surface area contributed by atoms with Crippen molar-refractivity contribution in [1.29, 1.82) is 0 Å². The van der Waals surface area contributed by atoms with Crippen LogP contribution in [0.25, 0.3) is 0 Å². The number of nitrogens with one attached hydrogen (secondary N) is 2. The van der Waals surface area contributed by atoms with E-state index in [9.17, 15) is 18.8 Å². The Morgan fingerprint density at radius 2 is 1.78 bits per heavy atom. The number of anilines is 2. The summed E-state index contributed by atoms with van der Waals surface area (Å²) in [5.41, 5.74) is 4.46. The van der Waals surface area contributed by atoms with Crippen molar-refractivity contribution in [1.82, 2.24) is 0 Å². The number of nitrogens with two attached hydrogens (primary N) is 1. The number of primary amides is 1. The Kier molecular flexibility index (Phi) is 7.87. The number of hydrogen-bond donors (Lipinski definition) is 3. The Bertz CT molecular complexity index is 1040. The second-order valence-corrected chi connectivity index (χ2v) is 7.92. The first-order valence-electron chi connectivity index (χ1n) is 9.29. The summed E-state index contributed by atoms with van der Waals surface area (Å²) in [7, 11) is 1.32. The zero-order valence-electron chi connectivity index (χ0n) is 17.9. The molecule has 11 heteroatoms. The van der Waals surface area contributed by atoms with Crippen molar-refractivity contribution in [3.63, 3.8) is 0 Å². The van der Waals surface area contributed by atoms with Crippen LogP contribution in [0.2, 0.25) is 5.02 Å². The van der Waals surface area contributed by atoms with Crippen molar-refractivity contribution in [2.75, 3.05) is 24.4 Å². The smallest absolute Gasteiger partial charge is 0.412 e. The van der Waals surface area contributed by atoms with Crippen molar-refractivity contribution in [2.24, 2.45) is 5.73 Å². The van der Waals surface area contributed by atoms with Crippen LogP contribution in [0.3, 0.4) is 0 Å². The molecule has 0 fully saturated rings. The predicted molar refractivity (Wildman–Crippen MR) is 117 cm³/mol. The molecule has 0 atom stereocenters. The molecule has 0 saturated heterocycles. The van der Waals surface area contributed by atoms with E-state index in [0.29, 0.717) is 0 Å². The maximum Gasteiger partial charge on any atom is 0.412 e. The average molecular weight is 468 g/mol. The third-order valence-corrected chi connectivity index (χ3v) is 4.00. The van der Waals surface area contributed by atoms with Crippen LogP contribution < -0.4 is 25.8 Å². The van der Waals surface area contributed by atoms with Gasteiger partial charge in [-0.15, -0.1) is 0 Å². The molecule has 172 valence electrons. The van der Waals surface area contributed by atoms with E-state index in [1.54, 1.807) is 20.8 Å². The maximum atomic E-state index is 13.8. The van der Waals surface area contributed by atoms with Gasteiger partial charge in [-0.05, 0) is 51.1 Å². The molecule has 0 aliphatic rings. The summed E-state index contributed by atoms with van der Waals surface area (Å²) < 4.78 is 29.4. The molecule has 3 amide bonds. The first-order valence-corrected chi connectivity index (χ1v) is 9.67. The molecular weight excluding hydrogens is 445 g/mol. The van der Waals surface area contributed by atoms with Crippen LogP contribution in [0.15, 0.2) is 30.3 Å². The van der Waals surface area contributed by atoms with Gasteiger partial charge in [0.05, 0.1) is 23.5 Å². The summed E-state index contributed by atoms with van der Waals surface area (Å²) in [5.74, 6) is -1.93. The van der Waals surface area contributed by atoms with E-state index in [4.69, 9.17) is 31.5 Å². The number of rotatable bonds is 7. The lowest BCUT2D eigenvalue weighted by atomic mass is 10.1. The van der Waals surface area contributed by atoms with E-state index in [1.807, 2.05) is 0 Å². The highest BCUT2D eigenvalue weighted by atomic mass is 35.5. The van der Waals surface area contributed by atoms with E-state index < -0.39 is 35.9 Å². The number of amides is 3. The van der Waals surface area contributed by atoms with Crippen LogP contribution in [0.1, 0.15) is 31.1 Å². The monoisotopic (exact) mass is 467 g/mol. The molecule has 2 aromatic carbocycles. The topological polar surface area (TPSA) is 129 Å². The van der Waals surface area contributed by atoms with E-state index in [0.717, 1.165) is 12.1 Å². The summed E-state index contributed by atoms with van der Waals surface area (Å²) in [4.78, 5) is 35.8. The van der Waals surface area contributed by atoms with Crippen molar-refractivity contribution < 1.29 is 33.0 Å². The molecule has 0 aliphatic carbocycles. The molecule has 0 spiro atoms. The molecule has 32 heavy (non-hydrogen) atoms. The van der Waals surface area contributed by atoms with Gasteiger partial charge in [0.2, 0.25) is 0 Å². The van der Waals surface area contributed by atoms with Crippen LogP contribution in [0, 0.1) is 5.82 Å². The maximum absolute atomic E-state index is 13.8. The van der Waals surface area contributed by atoms with Crippen molar-refractivity contribution in [2.45, 2.75) is 26.4 Å². The normalized spacial score (nSPS) is 10.8. The molecule has 9 nitrogen and oxygen atoms in total. The van der Waals surface area contributed by atoms with Crippen LogP contribution >= 0.6 is 11.6 Å². The quantitative estimate of drug-likeness (QED) is 0.565. The average Bonchev–Trinajstić information content (AvgIpc) is 2.66. The van der Waals surface area contributed by atoms with E-state index >= 15 is 0 Å². The van der Waals surface area contributed by atoms with E-state index in [1.165, 1.54) is 25.3 Å².